The Balaban J connectivity index is 2.05. The van der Waals surface area contributed by atoms with Gasteiger partial charge in [-0.15, -0.1) is 0 Å². The summed E-state index contributed by atoms with van der Waals surface area (Å²) in [5, 5.41) is 0. The molecule has 0 saturated carbocycles. The molecule has 0 aromatic heterocycles. The summed E-state index contributed by atoms with van der Waals surface area (Å²) in [7, 11) is 0. The first-order valence-corrected chi connectivity index (χ1v) is 9.06. The summed E-state index contributed by atoms with van der Waals surface area (Å²) in [5.41, 5.74) is 1.02. The van der Waals surface area contributed by atoms with Gasteiger partial charge in [-0.2, -0.15) is 0 Å². The fraction of sp³-hybridized carbons (Fsp3) is 0.318. The highest BCUT2D eigenvalue weighted by Crippen LogP contribution is 2.39. The van der Waals surface area contributed by atoms with Crippen LogP contribution < -0.4 is 0 Å². The van der Waals surface area contributed by atoms with Crippen LogP contribution in [0.5, 0.6) is 0 Å². The van der Waals surface area contributed by atoms with Gasteiger partial charge < -0.3 is 4.90 Å². The topological polar surface area (TPSA) is 54.5 Å². The van der Waals surface area contributed by atoms with Gasteiger partial charge >= 0.3 is 0 Å². The molecule has 1 amide bonds. The number of halogens is 1. The molecule has 1 saturated heterocycles. The van der Waals surface area contributed by atoms with Gasteiger partial charge in [-0.1, -0.05) is 62.4 Å². The van der Waals surface area contributed by atoms with Gasteiger partial charge in [0.15, 0.2) is 0 Å². The number of carbonyl (C=O) groups excluding carboxylic acids is 3. The molecule has 2 atom stereocenters. The van der Waals surface area contributed by atoms with Gasteiger partial charge in [-0.3, -0.25) is 14.4 Å². The monoisotopic (exact) mass is 367 g/mol. The summed E-state index contributed by atoms with van der Waals surface area (Å²) in [6.07, 6.45) is 0.174. The fourth-order valence-corrected chi connectivity index (χ4v) is 3.59. The Labute approximate surface area is 158 Å². The number of nitrogens with zero attached hydrogens (tertiary/aromatic N) is 1. The predicted molar refractivity (Wildman–Crippen MR) is 99.1 cm³/mol. The molecule has 2 aromatic carbocycles. The normalized spacial score (nSPS) is 19.8. The molecule has 3 rings (SSSR count). The van der Waals surface area contributed by atoms with Gasteiger partial charge in [-0.05, 0) is 17.5 Å². The highest BCUT2D eigenvalue weighted by molar-refractivity contribution is 6.43. The number of amides is 1. The number of hydrogen-bond donors (Lipinski definition) is 0. The molecule has 0 N–H and O–H groups in total. The Morgan fingerprint density at radius 1 is 1.04 bits per heavy atom. The molecule has 0 radical (unpaired) electrons. The second-order valence-corrected chi connectivity index (χ2v) is 7.29. The summed E-state index contributed by atoms with van der Waals surface area (Å²) >= 11 is 0. The standard InChI is InChI=1S/C22H22FNO3/c1-14(2)12-18(25)19-20(16-10-6-7-11-17(16)23)24(22(27)21(19)26)13-15-8-4-3-5-9-15/h3-11,14,19-20H,12-13H2,1-2H3. The average molecular weight is 367 g/mol. The predicted octanol–water partition coefficient (Wildman–Crippen LogP) is 3.71. The summed E-state index contributed by atoms with van der Waals surface area (Å²) < 4.78 is 14.5. The van der Waals surface area contributed by atoms with Crippen molar-refractivity contribution in [3.8, 4) is 0 Å². The summed E-state index contributed by atoms with van der Waals surface area (Å²) in [5.74, 6) is -3.43. The third-order valence-electron chi connectivity index (χ3n) is 4.78. The number of carbonyl (C=O) groups is 3. The largest absolute Gasteiger partial charge is 0.323 e. The Morgan fingerprint density at radius 3 is 2.30 bits per heavy atom. The van der Waals surface area contributed by atoms with Crippen molar-refractivity contribution in [2.24, 2.45) is 11.8 Å². The number of rotatable bonds is 6. The lowest BCUT2D eigenvalue weighted by Gasteiger charge is -2.27. The highest BCUT2D eigenvalue weighted by Gasteiger charge is 2.51. The maximum Gasteiger partial charge on any atom is 0.291 e. The molecule has 0 spiro atoms. The first-order valence-electron chi connectivity index (χ1n) is 9.06. The molecule has 1 heterocycles. The van der Waals surface area contributed by atoms with E-state index in [9.17, 15) is 18.8 Å². The van der Waals surface area contributed by atoms with Crippen LogP contribution in [0.1, 0.15) is 37.4 Å². The third-order valence-corrected chi connectivity index (χ3v) is 4.78. The lowest BCUT2D eigenvalue weighted by atomic mass is 9.85. The van der Waals surface area contributed by atoms with Crippen molar-refractivity contribution in [2.75, 3.05) is 0 Å². The van der Waals surface area contributed by atoms with E-state index in [0.717, 1.165) is 5.56 Å². The highest BCUT2D eigenvalue weighted by atomic mass is 19.1. The van der Waals surface area contributed by atoms with Crippen molar-refractivity contribution in [1.29, 1.82) is 0 Å². The van der Waals surface area contributed by atoms with E-state index in [-0.39, 0.29) is 30.2 Å². The third kappa shape index (κ3) is 3.82. The van der Waals surface area contributed by atoms with Gasteiger partial charge in [0, 0.05) is 18.5 Å². The van der Waals surface area contributed by atoms with E-state index in [2.05, 4.69) is 0 Å². The van der Waals surface area contributed by atoms with Gasteiger partial charge in [0.1, 0.15) is 17.5 Å². The summed E-state index contributed by atoms with van der Waals surface area (Å²) in [4.78, 5) is 39.5. The van der Waals surface area contributed by atoms with Crippen LogP contribution in [-0.2, 0) is 20.9 Å². The van der Waals surface area contributed by atoms with E-state index in [0.29, 0.717) is 0 Å². The van der Waals surface area contributed by atoms with Crippen molar-refractivity contribution in [2.45, 2.75) is 32.9 Å². The van der Waals surface area contributed by atoms with Gasteiger partial charge in [0.05, 0.1) is 6.04 Å². The molecule has 2 unspecified atom stereocenters. The second-order valence-electron chi connectivity index (χ2n) is 7.29. The van der Waals surface area contributed by atoms with Crippen molar-refractivity contribution in [3.63, 3.8) is 0 Å². The lowest BCUT2D eigenvalue weighted by Crippen LogP contribution is -2.31. The van der Waals surface area contributed by atoms with Crippen LogP contribution in [0.2, 0.25) is 0 Å². The van der Waals surface area contributed by atoms with E-state index < -0.39 is 29.5 Å². The maximum absolute atomic E-state index is 14.5. The van der Waals surface area contributed by atoms with E-state index >= 15 is 0 Å². The Hall–Kier alpha value is -2.82. The van der Waals surface area contributed by atoms with Crippen molar-refractivity contribution in [3.05, 3.63) is 71.5 Å². The number of hydrogen-bond acceptors (Lipinski definition) is 3. The zero-order valence-electron chi connectivity index (χ0n) is 15.4. The molecule has 0 aliphatic carbocycles. The molecule has 5 heteroatoms. The molecule has 27 heavy (non-hydrogen) atoms. The lowest BCUT2D eigenvalue weighted by molar-refractivity contribution is -0.142. The van der Waals surface area contributed by atoms with Crippen LogP contribution in [0.15, 0.2) is 54.6 Å². The Bertz CT molecular complexity index is 863. The van der Waals surface area contributed by atoms with Crippen molar-refractivity contribution >= 4 is 17.5 Å². The van der Waals surface area contributed by atoms with Crippen LogP contribution in [-0.4, -0.2) is 22.4 Å². The first kappa shape index (κ1) is 19.0. The SMILES string of the molecule is CC(C)CC(=O)C1C(=O)C(=O)N(Cc2ccccc2)C1c1ccccc1F. The van der Waals surface area contributed by atoms with Crippen LogP contribution in [0, 0.1) is 17.7 Å². The molecule has 4 nitrogen and oxygen atoms in total. The van der Waals surface area contributed by atoms with Crippen LogP contribution >= 0.6 is 0 Å². The van der Waals surface area contributed by atoms with E-state index in [4.69, 9.17) is 0 Å². The van der Waals surface area contributed by atoms with E-state index in [1.54, 1.807) is 18.2 Å². The van der Waals surface area contributed by atoms with Crippen LogP contribution in [0.3, 0.4) is 0 Å². The minimum Gasteiger partial charge on any atom is -0.323 e. The molecule has 140 valence electrons. The molecule has 2 aromatic rings. The maximum atomic E-state index is 14.5. The molecule has 1 aliphatic rings. The molecular formula is C22H22FNO3. The minimum atomic E-state index is -1.17. The van der Waals surface area contributed by atoms with Crippen LogP contribution in [0.4, 0.5) is 4.39 Å². The average Bonchev–Trinajstić information content (AvgIpc) is 2.87. The van der Waals surface area contributed by atoms with Gasteiger partial charge in [0.25, 0.3) is 5.91 Å². The van der Waals surface area contributed by atoms with Gasteiger partial charge in [-0.25, -0.2) is 4.39 Å². The number of likely N-dealkylation sites (tertiary alicyclic amines) is 1. The number of Topliss-reactive ketones (excluding diaryl/α,β-unsaturated/α-hetero) is 2. The van der Waals surface area contributed by atoms with E-state index in [1.807, 2.05) is 44.2 Å². The van der Waals surface area contributed by atoms with Gasteiger partial charge in [0.2, 0.25) is 5.78 Å². The number of benzene rings is 2. The Morgan fingerprint density at radius 2 is 1.67 bits per heavy atom. The minimum absolute atomic E-state index is 0.0462. The Kier molecular flexibility index (Phi) is 5.49. The molecular weight excluding hydrogens is 345 g/mol. The second kappa shape index (κ2) is 7.82. The molecule has 1 aliphatic heterocycles. The smallest absolute Gasteiger partial charge is 0.291 e. The summed E-state index contributed by atoms with van der Waals surface area (Å²) in [6.45, 7) is 3.90. The quantitative estimate of drug-likeness (QED) is 0.578. The van der Waals surface area contributed by atoms with Crippen LogP contribution in [0.25, 0.3) is 0 Å². The van der Waals surface area contributed by atoms with Crippen molar-refractivity contribution < 1.29 is 18.8 Å². The fourth-order valence-electron chi connectivity index (χ4n) is 3.59. The van der Waals surface area contributed by atoms with E-state index in [1.165, 1.54) is 11.0 Å². The molecule has 1 fully saturated rings. The summed E-state index contributed by atoms with van der Waals surface area (Å²) in [6, 6.07) is 14.3. The number of ketones is 2. The first-order chi connectivity index (χ1) is 12.9. The zero-order chi connectivity index (χ0) is 19.6. The zero-order valence-corrected chi connectivity index (χ0v) is 15.4. The van der Waals surface area contributed by atoms with Crippen molar-refractivity contribution in [1.82, 2.24) is 4.90 Å². The molecule has 0 bridgehead atoms.